The Hall–Kier alpha value is -1.60. The van der Waals surface area contributed by atoms with Gasteiger partial charge in [0.1, 0.15) is 0 Å². The Morgan fingerprint density at radius 3 is 2.78 bits per heavy atom. The summed E-state index contributed by atoms with van der Waals surface area (Å²) in [7, 11) is 0. The second kappa shape index (κ2) is 6.36. The molecule has 0 radical (unpaired) electrons. The first-order valence-electron chi connectivity index (χ1n) is 5.24. The molecule has 1 atom stereocenters. The van der Waals surface area contributed by atoms with Crippen molar-refractivity contribution in [1.82, 2.24) is 5.32 Å². The van der Waals surface area contributed by atoms with Gasteiger partial charge in [0, 0.05) is 18.2 Å². The van der Waals surface area contributed by atoms with Crippen LogP contribution in [0.2, 0.25) is 0 Å². The van der Waals surface area contributed by atoms with E-state index in [1.807, 2.05) is 0 Å². The van der Waals surface area contributed by atoms with Crippen LogP contribution in [0.1, 0.15) is 17.3 Å². The average molecular weight is 270 g/mol. The maximum atomic E-state index is 11.7. The minimum absolute atomic E-state index is 0.0906. The van der Waals surface area contributed by atoms with Gasteiger partial charge in [0.25, 0.3) is 11.6 Å². The number of thioether (sulfide) groups is 1. The van der Waals surface area contributed by atoms with Crippen LogP contribution in [0.15, 0.2) is 23.1 Å². The predicted molar refractivity (Wildman–Crippen MR) is 68.9 cm³/mol. The number of nitro benzene ring substituents is 1. The number of hydrogen-bond acceptors (Lipinski definition) is 5. The highest BCUT2D eigenvalue weighted by atomic mass is 32.2. The van der Waals surface area contributed by atoms with Crippen molar-refractivity contribution in [2.75, 3.05) is 12.8 Å². The van der Waals surface area contributed by atoms with E-state index in [-0.39, 0.29) is 17.8 Å². The molecule has 0 spiro atoms. The zero-order valence-corrected chi connectivity index (χ0v) is 10.9. The lowest BCUT2D eigenvalue weighted by molar-refractivity contribution is -0.387. The van der Waals surface area contributed by atoms with Gasteiger partial charge >= 0.3 is 0 Å². The van der Waals surface area contributed by atoms with Crippen molar-refractivity contribution < 1.29 is 14.8 Å². The fourth-order valence-corrected chi connectivity index (χ4v) is 1.86. The Balaban J connectivity index is 2.94. The summed E-state index contributed by atoms with van der Waals surface area (Å²) in [5, 5.41) is 22.4. The second-order valence-electron chi connectivity index (χ2n) is 3.70. The van der Waals surface area contributed by atoms with E-state index < -0.39 is 16.9 Å². The van der Waals surface area contributed by atoms with Gasteiger partial charge in [-0.2, -0.15) is 0 Å². The summed E-state index contributed by atoms with van der Waals surface area (Å²) >= 11 is 1.25. The highest BCUT2D eigenvalue weighted by Gasteiger charge is 2.16. The fraction of sp³-hybridized carbons (Fsp3) is 0.364. The Bertz CT molecular complexity index is 462. The molecule has 1 rings (SSSR count). The van der Waals surface area contributed by atoms with E-state index >= 15 is 0 Å². The molecule has 0 heterocycles. The zero-order valence-electron chi connectivity index (χ0n) is 10.0. The first-order valence-corrected chi connectivity index (χ1v) is 6.47. The second-order valence-corrected chi connectivity index (χ2v) is 4.55. The van der Waals surface area contributed by atoms with Crippen molar-refractivity contribution >= 4 is 23.4 Å². The quantitative estimate of drug-likeness (QED) is 0.479. The number of aliphatic hydroxyl groups excluding tert-OH is 1. The van der Waals surface area contributed by atoms with E-state index in [4.69, 9.17) is 5.11 Å². The Labute approximate surface area is 109 Å². The molecule has 1 unspecified atom stereocenters. The van der Waals surface area contributed by atoms with Crippen LogP contribution in [0.25, 0.3) is 0 Å². The van der Waals surface area contributed by atoms with Crippen LogP contribution < -0.4 is 5.32 Å². The van der Waals surface area contributed by atoms with E-state index in [1.54, 1.807) is 19.2 Å². The molecule has 98 valence electrons. The number of nitro groups is 1. The molecule has 0 fully saturated rings. The van der Waals surface area contributed by atoms with E-state index in [2.05, 4.69) is 5.32 Å². The number of carbonyl (C=O) groups is 1. The van der Waals surface area contributed by atoms with Gasteiger partial charge < -0.3 is 10.4 Å². The number of nitrogens with zero attached hydrogens (tertiary/aromatic N) is 1. The van der Waals surface area contributed by atoms with E-state index in [0.29, 0.717) is 4.90 Å². The highest BCUT2D eigenvalue weighted by Crippen LogP contribution is 2.28. The Morgan fingerprint density at radius 2 is 2.28 bits per heavy atom. The predicted octanol–water partition coefficient (Wildman–Crippen LogP) is 1.43. The van der Waals surface area contributed by atoms with Crippen LogP contribution in [0.3, 0.4) is 0 Å². The Morgan fingerprint density at radius 1 is 1.61 bits per heavy atom. The minimum atomic E-state index is -0.658. The first-order chi connectivity index (χ1) is 8.45. The monoisotopic (exact) mass is 270 g/mol. The molecule has 1 aromatic rings. The number of carbonyl (C=O) groups excluding carboxylic acids is 1. The van der Waals surface area contributed by atoms with Crippen LogP contribution in [0, 0.1) is 10.1 Å². The van der Waals surface area contributed by atoms with Gasteiger partial charge in [0.05, 0.1) is 15.9 Å². The minimum Gasteiger partial charge on any atom is -0.392 e. The molecule has 1 amide bonds. The zero-order chi connectivity index (χ0) is 13.7. The van der Waals surface area contributed by atoms with Crippen LogP contribution in [-0.2, 0) is 0 Å². The van der Waals surface area contributed by atoms with Gasteiger partial charge in [-0.05, 0) is 25.3 Å². The maximum Gasteiger partial charge on any atom is 0.283 e. The molecule has 0 aliphatic carbocycles. The molecule has 0 bridgehead atoms. The smallest absolute Gasteiger partial charge is 0.283 e. The number of benzene rings is 1. The van der Waals surface area contributed by atoms with Crippen molar-refractivity contribution in [2.24, 2.45) is 0 Å². The molecule has 2 N–H and O–H groups in total. The van der Waals surface area contributed by atoms with Gasteiger partial charge in [-0.25, -0.2) is 0 Å². The molecule has 1 aromatic carbocycles. The molecule has 6 nitrogen and oxygen atoms in total. The standard InChI is InChI=1S/C11H14N2O4S/c1-7(14)6-12-11(15)8-3-4-10(18-2)9(5-8)13(16)17/h3-5,7,14H,6H2,1-2H3,(H,12,15). The summed E-state index contributed by atoms with van der Waals surface area (Å²) in [5.41, 5.74) is 0.118. The molecule has 0 saturated carbocycles. The van der Waals surface area contributed by atoms with Crippen molar-refractivity contribution in [3.63, 3.8) is 0 Å². The largest absolute Gasteiger partial charge is 0.392 e. The summed E-state index contributed by atoms with van der Waals surface area (Å²) in [4.78, 5) is 22.5. The fourth-order valence-electron chi connectivity index (χ4n) is 1.32. The van der Waals surface area contributed by atoms with Gasteiger partial charge in [-0.15, -0.1) is 11.8 Å². The summed E-state index contributed by atoms with van der Waals surface area (Å²) in [5.74, 6) is -0.438. The van der Waals surface area contributed by atoms with Gasteiger partial charge in [-0.1, -0.05) is 0 Å². The normalized spacial score (nSPS) is 11.9. The molecule has 0 saturated heterocycles. The van der Waals surface area contributed by atoms with Crippen molar-refractivity contribution in [1.29, 1.82) is 0 Å². The summed E-state index contributed by atoms with van der Waals surface area (Å²) < 4.78 is 0. The molecule has 7 heteroatoms. The number of aliphatic hydroxyl groups is 1. The van der Waals surface area contributed by atoms with Crippen LogP contribution in [0.5, 0.6) is 0 Å². The molecular formula is C11H14N2O4S. The third-order valence-corrected chi connectivity index (χ3v) is 2.98. The van der Waals surface area contributed by atoms with Crippen LogP contribution in [-0.4, -0.2) is 34.8 Å². The maximum absolute atomic E-state index is 11.7. The van der Waals surface area contributed by atoms with E-state index in [0.717, 1.165) is 0 Å². The van der Waals surface area contributed by atoms with Crippen LogP contribution >= 0.6 is 11.8 Å². The number of rotatable bonds is 5. The summed E-state index contributed by atoms with van der Waals surface area (Å²) in [6.07, 6.45) is 1.07. The van der Waals surface area contributed by atoms with E-state index in [9.17, 15) is 14.9 Å². The molecule has 0 aliphatic heterocycles. The van der Waals surface area contributed by atoms with Crippen molar-refractivity contribution in [2.45, 2.75) is 17.9 Å². The third kappa shape index (κ3) is 3.71. The Kier molecular flexibility index (Phi) is 5.11. The molecule has 0 aliphatic rings. The number of hydrogen-bond donors (Lipinski definition) is 2. The topological polar surface area (TPSA) is 92.5 Å². The van der Waals surface area contributed by atoms with Gasteiger partial charge in [-0.3, -0.25) is 14.9 Å². The van der Waals surface area contributed by atoms with E-state index in [1.165, 1.54) is 23.9 Å². The SMILES string of the molecule is CSc1ccc(C(=O)NCC(C)O)cc1[N+](=O)[O-]. The summed E-state index contributed by atoms with van der Waals surface area (Å²) in [6.45, 7) is 1.65. The van der Waals surface area contributed by atoms with Gasteiger partial charge in [0.15, 0.2) is 0 Å². The number of nitrogens with one attached hydrogen (secondary N) is 1. The lowest BCUT2D eigenvalue weighted by Gasteiger charge is -2.07. The number of amides is 1. The molecule has 18 heavy (non-hydrogen) atoms. The van der Waals surface area contributed by atoms with Crippen LogP contribution in [0.4, 0.5) is 5.69 Å². The third-order valence-electron chi connectivity index (χ3n) is 2.20. The van der Waals surface area contributed by atoms with Crippen molar-refractivity contribution in [3.8, 4) is 0 Å². The lowest BCUT2D eigenvalue weighted by atomic mass is 10.2. The summed E-state index contributed by atoms with van der Waals surface area (Å²) in [6, 6.07) is 4.31. The molecule has 0 aromatic heterocycles. The lowest BCUT2D eigenvalue weighted by Crippen LogP contribution is -2.30. The highest BCUT2D eigenvalue weighted by molar-refractivity contribution is 7.98. The molecular weight excluding hydrogens is 256 g/mol. The average Bonchev–Trinajstić information content (AvgIpc) is 2.34. The van der Waals surface area contributed by atoms with Gasteiger partial charge in [0.2, 0.25) is 0 Å². The van der Waals surface area contributed by atoms with Crippen molar-refractivity contribution in [3.05, 3.63) is 33.9 Å². The first kappa shape index (κ1) is 14.5.